The standard InChI is InChI=1S/C12H24N2O/c1-12(15)5-4-8-14(11-12)10-9-13-6-2-3-7-13/h15H,2-11H2,1H3. The van der Waals surface area contributed by atoms with E-state index in [1.165, 1.54) is 39.0 Å². The Balaban J connectivity index is 1.69. The van der Waals surface area contributed by atoms with Crippen molar-refractivity contribution in [1.82, 2.24) is 9.80 Å². The van der Waals surface area contributed by atoms with Gasteiger partial charge in [0, 0.05) is 19.6 Å². The number of aliphatic hydroxyl groups is 1. The van der Waals surface area contributed by atoms with Crippen LogP contribution in [0, 0.1) is 0 Å². The largest absolute Gasteiger partial charge is 0.389 e. The Kier molecular flexibility index (Phi) is 3.65. The fraction of sp³-hybridized carbons (Fsp3) is 1.00. The normalized spacial score (nSPS) is 34.8. The van der Waals surface area contributed by atoms with E-state index in [1.807, 2.05) is 6.92 Å². The Morgan fingerprint density at radius 3 is 2.27 bits per heavy atom. The molecule has 0 aromatic rings. The van der Waals surface area contributed by atoms with Gasteiger partial charge in [-0.3, -0.25) is 4.90 Å². The van der Waals surface area contributed by atoms with Gasteiger partial charge in [-0.25, -0.2) is 0 Å². The molecule has 0 aromatic carbocycles. The Morgan fingerprint density at radius 1 is 1.00 bits per heavy atom. The van der Waals surface area contributed by atoms with Gasteiger partial charge in [0.05, 0.1) is 5.60 Å². The Bertz CT molecular complexity index is 200. The Hall–Kier alpha value is -0.120. The maximum Gasteiger partial charge on any atom is 0.0746 e. The fourth-order valence-electron chi connectivity index (χ4n) is 2.80. The molecule has 1 atom stereocenters. The van der Waals surface area contributed by atoms with Crippen molar-refractivity contribution in [2.45, 2.75) is 38.2 Å². The molecule has 2 heterocycles. The van der Waals surface area contributed by atoms with Crippen molar-refractivity contribution in [1.29, 1.82) is 0 Å². The first-order valence-corrected chi connectivity index (χ1v) is 6.33. The number of piperidine rings is 1. The third-order valence-electron chi connectivity index (χ3n) is 3.69. The lowest BCUT2D eigenvalue weighted by Gasteiger charge is -2.37. The first kappa shape index (κ1) is 11.4. The molecule has 0 spiro atoms. The minimum atomic E-state index is -0.441. The number of nitrogens with zero attached hydrogens (tertiary/aromatic N) is 2. The first-order valence-electron chi connectivity index (χ1n) is 6.33. The van der Waals surface area contributed by atoms with Crippen molar-refractivity contribution >= 4 is 0 Å². The maximum atomic E-state index is 9.98. The second kappa shape index (κ2) is 4.81. The zero-order valence-electron chi connectivity index (χ0n) is 9.91. The second-order valence-electron chi connectivity index (χ2n) is 5.43. The quantitative estimate of drug-likeness (QED) is 0.754. The van der Waals surface area contributed by atoms with Gasteiger partial charge < -0.3 is 10.0 Å². The summed E-state index contributed by atoms with van der Waals surface area (Å²) in [5.74, 6) is 0. The topological polar surface area (TPSA) is 26.7 Å². The molecule has 2 aliphatic rings. The molecule has 15 heavy (non-hydrogen) atoms. The highest BCUT2D eigenvalue weighted by Crippen LogP contribution is 2.20. The molecule has 0 radical (unpaired) electrons. The summed E-state index contributed by atoms with van der Waals surface area (Å²) in [5, 5.41) is 9.98. The van der Waals surface area contributed by atoms with Crippen LogP contribution in [0.25, 0.3) is 0 Å². The molecule has 88 valence electrons. The van der Waals surface area contributed by atoms with Gasteiger partial charge in [0.25, 0.3) is 0 Å². The summed E-state index contributed by atoms with van der Waals surface area (Å²) >= 11 is 0. The summed E-state index contributed by atoms with van der Waals surface area (Å²) in [4.78, 5) is 4.96. The van der Waals surface area contributed by atoms with Gasteiger partial charge in [-0.1, -0.05) is 0 Å². The minimum absolute atomic E-state index is 0.441. The lowest BCUT2D eigenvalue weighted by atomic mass is 9.95. The highest BCUT2D eigenvalue weighted by Gasteiger charge is 2.28. The lowest BCUT2D eigenvalue weighted by Crippen LogP contribution is -2.48. The molecule has 0 aromatic heterocycles. The predicted molar refractivity (Wildman–Crippen MR) is 62.0 cm³/mol. The van der Waals surface area contributed by atoms with Crippen LogP contribution in [0.4, 0.5) is 0 Å². The van der Waals surface area contributed by atoms with E-state index in [0.717, 1.165) is 25.9 Å². The average molecular weight is 212 g/mol. The predicted octanol–water partition coefficient (Wildman–Crippen LogP) is 0.929. The van der Waals surface area contributed by atoms with Crippen LogP contribution in [0.2, 0.25) is 0 Å². The molecule has 2 rings (SSSR count). The molecule has 3 heteroatoms. The second-order valence-corrected chi connectivity index (χ2v) is 5.43. The molecule has 3 nitrogen and oxygen atoms in total. The molecule has 2 fully saturated rings. The molecule has 2 aliphatic heterocycles. The maximum absolute atomic E-state index is 9.98. The van der Waals surface area contributed by atoms with Crippen LogP contribution in [-0.4, -0.2) is 59.8 Å². The number of likely N-dealkylation sites (tertiary alicyclic amines) is 2. The van der Waals surface area contributed by atoms with E-state index in [9.17, 15) is 5.11 Å². The number of β-amino-alcohol motifs (C(OH)–C–C–N with tert-alkyl or cyclic N) is 1. The number of hydrogen-bond acceptors (Lipinski definition) is 3. The summed E-state index contributed by atoms with van der Waals surface area (Å²) in [6.07, 6.45) is 4.86. The van der Waals surface area contributed by atoms with E-state index >= 15 is 0 Å². The van der Waals surface area contributed by atoms with E-state index in [1.54, 1.807) is 0 Å². The van der Waals surface area contributed by atoms with Crippen LogP contribution < -0.4 is 0 Å². The van der Waals surface area contributed by atoms with Crippen LogP contribution in [0.3, 0.4) is 0 Å². The van der Waals surface area contributed by atoms with E-state index in [-0.39, 0.29) is 0 Å². The highest BCUT2D eigenvalue weighted by atomic mass is 16.3. The molecule has 0 saturated carbocycles. The minimum Gasteiger partial charge on any atom is -0.389 e. The van der Waals surface area contributed by atoms with Crippen molar-refractivity contribution in [2.24, 2.45) is 0 Å². The van der Waals surface area contributed by atoms with E-state index in [0.29, 0.717) is 0 Å². The zero-order valence-corrected chi connectivity index (χ0v) is 9.91. The van der Waals surface area contributed by atoms with E-state index in [4.69, 9.17) is 0 Å². The van der Waals surface area contributed by atoms with Crippen molar-refractivity contribution in [2.75, 3.05) is 39.3 Å². The Morgan fingerprint density at radius 2 is 1.60 bits per heavy atom. The van der Waals surface area contributed by atoms with Crippen LogP contribution >= 0.6 is 0 Å². The van der Waals surface area contributed by atoms with Crippen LogP contribution in [0.1, 0.15) is 32.6 Å². The average Bonchev–Trinajstić information content (AvgIpc) is 2.65. The molecule has 1 unspecified atom stereocenters. The Labute approximate surface area is 93.1 Å². The van der Waals surface area contributed by atoms with Crippen molar-refractivity contribution in [3.63, 3.8) is 0 Å². The van der Waals surface area contributed by atoms with Gasteiger partial charge >= 0.3 is 0 Å². The van der Waals surface area contributed by atoms with Gasteiger partial charge in [0.2, 0.25) is 0 Å². The summed E-state index contributed by atoms with van der Waals surface area (Å²) in [6.45, 7) is 8.89. The molecule has 0 amide bonds. The highest BCUT2D eigenvalue weighted by molar-refractivity contribution is 4.83. The summed E-state index contributed by atoms with van der Waals surface area (Å²) in [7, 11) is 0. The third-order valence-corrected chi connectivity index (χ3v) is 3.69. The first-order chi connectivity index (χ1) is 7.16. The van der Waals surface area contributed by atoms with Crippen molar-refractivity contribution in [3.05, 3.63) is 0 Å². The van der Waals surface area contributed by atoms with Crippen LogP contribution in [0.15, 0.2) is 0 Å². The zero-order chi connectivity index (χ0) is 10.7. The van der Waals surface area contributed by atoms with Gasteiger partial charge in [-0.05, 0) is 52.2 Å². The number of rotatable bonds is 3. The van der Waals surface area contributed by atoms with Crippen LogP contribution in [-0.2, 0) is 0 Å². The van der Waals surface area contributed by atoms with E-state index in [2.05, 4.69) is 9.80 Å². The smallest absolute Gasteiger partial charge is 0.0746 e. The van der Waals surface area contributed by atoms with Gasteiger partial charge in [0.1, 0.15) is 0 Å². The van der Waals surface area contributed by atoms with Gasteiger partial charge in [0.15, 0.2) is 0 Å². The molecule has 0 bridgehead atoms. The van der Waals surface area contributed by atoms with Gasteiger partial charge in [-0.15, -0.1) is 0 Å². The van der Waals surface area contributed by atoms with Gasteiger partial charge in [-0.2, -0.15) is 0 Å². The summed E-state index contributed by atoms with van der Waals surface area (Å²) < 4.78 is 0. The monoisotopic (exact) mass is 212 g/mol. The lowest BCUT2D eigenvalue weighted by molar-refractivity contribution is -0.0171. The number of hydrogen-bond donors (Lipinski definition) is 1. The van der Waals surface area contributed by atoms with Crippen molar-refractivity contribution in [3.8, 4) is 0 Å². The fourth-order valence-corrected chi connectivity index (χ4v) is 2.80. The molecular formula is C12H24N2O. The van der Waals surface area contributed by atoms with E-state index < -0.39 is 5.60 Å². The molecule has 0 aliphatic carbocycles. The van der Waals surface area contributed by atoms with Crippen molar-refractivity contribution < 1.29 is 5.11 Å². The molecule has 2 saturated heterocycles. The SMILES string of the molecule is CC1(O)CCCN(CCN2CCCC2)C1. The third kappa shape index (κ3) is 3.44. The molecular weight excluding hydrogens is 188 g/mol. The van der Waals surface area contributed by atoms with Crippen LogP contribution in [0.5, 0.6) is 0 Å². The summed E-state index contributed by atoms with van der Waals surface area (Å²) in [6, 6.07) is 0. The molecule has 1 N–H and O–H groups in total. The summed E-state index contributed by atoms with van der Waals surface area (Å²) in [5.41, 5.74) is -0.441.